The Morgan fingerprint density at radius 1 is 1.21 bits per heavy atom. The lowest BCUT2D eigenvalue weighted by molar-refractivity contribution is 0.318. The van der Waals surface area contributed by atoms with Crippen molar-refractivity contribution < 1.29 is 9.47 Å². The molecule has 29 heavy (non-hydrogen) atoms. The van der Waals surface area contributed by atoms with Crippen LogP contribution < -0.4 is 14.8 Å². The molecule has 3 aromatic rings. The molecular weight excluding hydrogens is 404 g/mol. The minimum absolute atomic E-state index is 0.751. The molecule has 3 heterocycles. The van der Waals surface area contributed by atoms with Gasteiger partial charge in [0.15, 0.2) is 16.7 Å². The molecule has 2 aromatic heterocycles. The number of likely N-dealkylation sites (N-methyl/N-ethyl adjacent to an activating group) is 1. The average molecular weight is 431 g/mol. The molecular formula is C21H26N4O2S2. The lowest BCUT2D eigenvalue weighted by Gasteiger charge is -2.22. The highest BCUT2D eigenvalue weighted by Crippen LogP contribution is 2.38. The number of hydrogen-bond acceptors (Lipinski definition) is 8. The Balaban J connectivity index is 1.57. The Labute approximate surface area is 179 Å². The zero-order valence-electron chi connectivity index (χ0n) is 17.2. The van der Waals surface area contributed by atoms with E-state index in [-0.39, 0.29) is 0 Å². The largest absolute Gasteiger partial charge is 0.493 e. The van der Waals surface area contributed by atoms with Gasteiger partial charge in [0.2, 0.25) is 0 Å². The number of anilines is 1. The van der Waals surface area contributed by atoms with Crippen LogP contribution in [0.2, 0.25) is 0 Å². The van der Waals surface area contributed by atoms with Gasteiger partial charge in [0, 0.05) is 24.5 Å². The van der Waals surface area contributed by atoms with Crippen molar-refractivity contribution in [1.29, 1.82) is 0 Å². The molecule has 0 radical (unpaired) electrons. The Morgan fingerprint density at radius 2 is 2.03 bits per heavy atom. The number of rotatable bonds is 7. The maximum absolute atomic E-state index is 5.42. The summed E-state index contributed by atoms with van der Waals surface area (Å²) in [6.07, 6.45) is 3.95. The van der Waals surface area contributed by atoms with Crippen molar-refractivity contribution in [1.82, 2.24) is 14.9 Å². The second-order valence-electron chi connectivity index (χ2n) is 7.10. The number of hydrogen-bond donors (Lipinski definition) is 1. The first kappa shape index (κ1) is 20.3. The van der Waals surface area contributed by atoms with Crippen LogP contribution in [0.3, 0.4) is 0 Å². The smallest absolute Gasteiger partial charge is 0.190 e. The van der Waals surface area contributed by atoms with E-state index < -0.39 is 0 Å². The average Bonchev–Trinajstić information content (AvgIpc) is 3.10. The van der Waals surface area contributed by atoms with Gasteiger partial charge in [-0.15, -0.1) is 11.3 Å². The first-order valence-corrected chi connectivity index (χ1v) is 11.7. The lowest BCUT2D eigenvalue weighted by atomic mass is 10.1. The number of benzene rings is 1. The van der Waals surface area contributed by atoms with Gasteiger partial charge in [-0.05, 0) is 49.4 Å². The fourth-order valence-electron chi connectivity index (χ4n) is 3.68. The molecule has 0 unspecified atom stereocenters. The summed E-state index contributed by atoms with van der Waals surface area (Å²) >= 11 is 3.40. The van der Waals surface area contributed by atoms with E-state index in [0.717, 1.165) is 59.8 Å². The molecule has 1 N–H and O–H groups in total. The molecule has 0 bridgehead atoms. The minimum atomic E-state index is 0.751. The van der Waals surface area contributed by atoms with Gasteiger partial charge in [0.1, 0.15) is 10.6 Å². The molecule has 0 fully saturated rings. The second kappa shape index (κ2) is 8.77. The predicted molar refractivity (Wildman–Crippen MR) is 121 cm³/mol. The molecule has 0 spiro atoms. The van der Waals surface area contributed by atoms with E-state index in [1.165, 1.54) is 21.4 Å². The first-order valence-electron chi connectivity index (χ1n) is 9.62. The van der Waals surface area contributed by atoms with Crippen molar-refractivity contribution >= 4 is 39.1 Å². The van der Waals surface area contributed by atoms with Gasteiger partial charge < -0.3 is 19.7 Å². The van der Waals surface area contributed by atoms with E-state index in [9.17, 15) is 0 Å². The van der Waals surface area contributed by atoms with Gasteiger partial charge in [-0.25, -0.2) is 9.97 Å². The second-order valence-corrected chi connectivity index (χ2v) is 8.95. The van der Waals surface area contributed by atoms with Crippen LogP contribution in [0.4, 0.5) is 5.82 Å². The predicted octanol–water partition coefficient (Wildman–Crippen LogP) is 4.07. The molecule has 0 saturated heterocycles. The zero-order chi connectivity index (χ0) is 20.4. The standard InChI is InChI=1S/C21H26N4O2S2/c1-25-10-8-14-17(12-25)29-20-18(14)19(23-21(24-20)28-4)22-9-7-13-5-6-15(26-2)16(11-13)27-3/h5-6,11H,7-10,12H2,1-4H3,(H,22,23,24). The zero-order valence-corrected chi connectivity index (χ0v) is 18.9. The number of ether oxygens (including phenoxy) is 2. The van der Waals surface area contributed by atoms with Crippen molar-refractivity contribution in [3.63, 3.8) is 0 Å². The summed E-state index contributed by atoms with van der Waals surface area (Å²) in [6.45, 7) is 2.87. The summed E-state index contributed by atoms with van der Waals surface area (Å²) in [7, 11) is 5.50. The number of thiophene rings is 1. The summed E-state index contributed by atoms with van der Waals surface area (Å²) in [5.74, 6) is 2.47. The van der Waals surface area contributed by atoms with Crippen molar-refractivity contribution in [2.45, 2.75) is 24.5 Å². The van der Waals surface area contributed by atoms with Crippen molar-refractivity contribution in [2.24, 2.45) is 0 Å². The highest BCUT2D eigenvalue weighted by atomic mass is 32.2. The third-order valence-electron chi connectivity index (χ3n) is 5.21. The van der Waals surface area contributed by atoms with E-state index in [1.807, 2.05) is 29.7 Å². The normalized spacial score (nSPS) is 14.1. The van der Waals surface area contributed by atoms with E-state index in [4.69, 9.17) is 19.4 Å². The molecule has 0 saturated carbocycles. The quantitative estimate of drug-likeness (QED) is 0.448. The third kappa shape index (κ3) is 4.15. The van der Waals surface area contributed by atoms with Crippen LogP contribution in [0, 0.1) is 0 Å². The van der Waals surface area contributed by atoms with Gasteiger partial charge >= 0.3 is 0 Å². The molecule has 6 nitrogen and oxygen atoms in total. The number of methoxy groups -OCH3 is 2. The van der Waals surface area contributed by atoms with Crippen LogP contribution in [-0.2, 0) is 19.4 Å². The van der Waals surface area contributed by atoms with E-state index in [0.29, 0.717) is 0 Å². The molecule has 1 aliphatic heterocycles. The minimum Gasteiger partial charge on any atom is -0.493 e. The van der Waals surface area contributed by atoms with Crippen molar-refractivity contribution in [3.05, 3.63) is 34.2 Å². The Morgan fingerprint density at radius 3 is 2.79 bits per heavy atom. The Kier molecular flexibility index (Phi) is 6.12. The van der Waals surface area contributed by atoms with Gasteiger partial charge in [-0.3, -0.25) is 0 Å². The van der Waals surface area contributed by atoms with Crippen LogP contribution >= 0.6 is 23.1 Å². The van der Waals surface area contributed by atoms with Crippen LogP contribution in [0.1, 0.15) is 16.0 Å². The SMILES string of the molecule is COc1ccc(CCNc2nc(SC)nc3sc4c(c23)CCN(C)C4)cc1OC. The molecule has 4 rings (SSSR count). The maximum Gasteiger partial charge on any atom is 0.190 e. The van der Waals surface area contributed by atoms with E-state index in [2.05, 4.69) is 23.3 Å². The lowest BCUT2D eigenvalue weighted by Crippen LogP contribution is -2.25. The van der Waals surface area contributed by atoms with Gasteiger partial charge in [0.05, 0.1) is 19.6 Å². The van der Waals surface area contributed by atoms with Gasteiger partial charge in [-0.2, -0.15) is 0 Å². The fraction of sp³-hybridized carbons (Fsp3) is 0.429. The molecule has 1 aromatic carbocycles. The number of nitrogens with one attached hydrogen (secondary N) is 1. The van der Waals surface area contributed by atoms with Crippen LogP contribution in [0.5, 0.6) is 11.5 Å². The van der Waals surface area contributed by atoms with Crippen molar-refractivity contribution in [2.75, 3.05) is 45.9 Å². The fourth-order valence-corrected chi connectivity index (χ4v) is 5.41. The first-order chi connectivity index (χ1) is 14.1. The molecule has 0 aliphatic carbocycles. The number of nitrogens with zero attached hydrogens (tertiary/aromatic N) is 3. The van der Waals surface area contributed by atoms with Crippen LogP contribution in [0.15, 0.2) is 23.4 Å². The highest BCUT2D eigenvalue weighted by molar-refractivity contribution is 7.98. The summed E-state index contributed by atoms with van der Waals surface area (Å²) in [5, 5.41) is 5.61. The Bertz CT molecular complexity index is 1020. The summed E-state index contributed by atoms with van der Waals surface area (Å²) in [5.41, 5.74) is 2.61. The van der Waals surface area contributed by atoms with Gasteiger partial charge in [-0.1, -0.05) is 17.8 Å². The summed E-state index contributed by atoms with van der Waals surface area (Å²) < 4.78 is 10.7. The Hall–Kier alpha value is -2.03. The third-order valence-corrected chi connectivity index (χ3v) is 6.87. The monoisotopic (exact) mass is 430 g/mol. The van der Waals surface area contributed by atoms with Crippen LogP contribution in [-0.4, -0.2) is 55.5 Å². The molecule has 0 atom stereocenters. The van der Waals surface area contributed by atoms with E-state index in [1.54, 1.807) is 26.0 Å². The highest BCUT2D eigenvalue weighted by Gasteiger charge is 2.23. The topological polar surface area (TPSA) is 59.5 Å². The number of thioether (sulfide) groups is 1. The van der Waals surface area contributed by atoms with Gasteiger partial charge in [0.25, 0.3) is 0 Å². The van der Waals surface area contributed by atoms with Crippen LogP contribution in [0.25, 0.3) is 10.2 Å². The van der Waals surface area contributed by atoms with E-state index >= 15 is 0 Å². The molecule has 1 aliphatic rings. The number of aromatic nitrogens is 2. The van der Waals surface area contributed by atoms with Crippen molar-refractivity contribution in [3.8, 4) is 11.5 Å². The molecule has 0 amide bonds. The summed E-state index contributed by atoms with van der Waals surface area (Å²) in [6, 6.07) is 6.06. The molecule has 154 valence electrons. The number of fused-ring (bicyclic) bond motifs is 3. The summed E-state index contributed by atoms with van der Waals surface area (Å²) in [4.78, 5) is 14.5. The molecule has 8 heteroatoms. The maximum atomic E-state index is 5.42.